The monoisotopic (exact) mass is 436 g/mol. The minimum Gasteiger partial charge on any atom is -0.460 e. The number of hydrogen-bond acceptors (Lipinski definition) is 6. The Morgan fingerprint density at radius 1 is 0.862 bits per heavy atom. The molecule has 0 radical (unpaired) electrons. The number of likely N-dealkylation sites (N-methyl/N-ethyl adjacent to an activating group) is 1. The SMILES string of the molecule is CCC[N+](C)(CCCCCO)CCOC(=O)CCC[Si](OCC)(OCC)OCC. The molecule has 1 N–H and O–H groups in total. The van der Waals surface area contributed by atoms with E-state index in [4.69, 9.17) is 23.1 Å². The fraction of sp³-hybridized carbons (Fsp3) is 0.952. The molecule has 0 saturated heterocycles. The highest BCUT2D eigenvalue weighted by atomic mass is 28.4. The van der Waals surface area contributed by atoms with Gasteiger partial charge in [-0.25, -0.2) is 0 Å². The van der Waals surface area contributed by atoms with Crippen molar-refractivity contribution in [2.75, 3.05) is 59.7 Å². The lowest BCUT2D eigenvalue weighted by Crippen LogP contribution is -2.47. The smallest absolute Gasteiger partial charge is 0.460 e. The van der Waals surface area contributed by atoms with Gasteiger partial charge >= 0.3 is 14.8 Å². The summed E-state index contributed by atoms with van der Waals surface area (Å²) in [6, 6.07) is 0.631. The summed E-state index contributed by atoms with van der Waals surface area (Å²) in [6.07, 6.45) is 5.09. The highest BCUT2D eigenvalue weighted by Crippen LogP contribution is 2.19. The number of quaternary nitrogens is 1. The molecule has 0 saturated carbocycles. The quantitative estimate of drug-likeness (QED) is 0.136. The van der Waals surface area contributed by atoms with E-state index in [1.807, 2.05) is 20.8 Å². The van der Waals surface area contributed by atoms with Gasteiger partial charge in [0.25, 0.3) is 0 Å². The molecule has 7 nitrogen and oxygen atoms in total. The third kappa shape index (κ3) is 13.4. The highest BCUT2D eigenvalue weighted by molar-refractivity contribution is 6.60. The molecule has 0 aliphatic heterocycles. The molecule has 0 aliphatic carbocycles. The van der Waals surface area contributed by atoms with Crippen LogP contribution in [0.1, 0.15) is 66.2 Å². The Morgan fingerprint density at radius 2 is 1.48 bits per heavy atom. The molecule has 0 amide bonds. The average molecular weight is 437 g/mol. The van der Waals surface area contributed by atoms with Crippen LogP contribution in [-0.4, -0.2) is 84.1 Å². The maximum absolute atomic E-state index is 12.2. The van der Waals surface area contributed by atoms with Crippen LogP contribution < -0.4 is 0 Å². The maximum atomic E-state index is 12.2. The van der Waals surface area contributed by atoms with Crippen LogP contribution in [-0.2, 0) is 22.8 Å². The number of unbranched alkanes of at least 4 members (excludes halogenated alkanes) is 2. The Balaban J connectivity index is 4.34. The first-order valence-electron chi connectivity index (χ1n) is 11.4. The van der Waals surface area contributed by atoms with E-state index in [-0.39, 0.29) is 12.6 Å². The van der Waals surface area contributed by atoms with Gasteiger partial charge in [0, 0.05) is 38.9 Å². The summed E-state index contributed by atoms with van der Waals surface area (Å²) in [5, 5.41) is 8.93. The van der Waals surface area contributed by atoms with E-state index in [1.54, 1.807) is 0 Å². The van der Waals surface area contributed by atoms with Crippen LogP contribution in [0.4, 0.5) is 0 Å². The Bertz CT molecular complexity index is 396. The lowest BCUT2D eigenvalue weighted by atomic mass is 10.2. The van der Waals surface area contributed by atoms with Gasteiger partial charge in [-0.15, -0.1) is 0 Å². The summed E-state index contributed by atoms with van der Waals surface area (Å²) in [4.78, 5) is 12.2. The van der Waals surface area contributed by atoms with Crippen LogP contribution in [0.5, 0.6) is 0 Å². The number of hydrogen-bond donors (Lipinski definition) is 1. The number of esters is 1. The van der Waals surface area contributed by atoms with Crippen molar-refractivity contribution < 1.29 is 32.4 Å². The van der Waals surface area contributed by atoms with E-state index < -0.39 is 8.80 Å². The summed E-state index contributed by atoms with van der Waals surface area (Å²) in [5.41, 5.74) is 0. The number of aliphatic hydroxyl groups is 1. The number of carbonyl (C=O) groups excluding carboxylic acids is 1. The molecule has 1 atom stereocenters. The number of rotatable bonds is 20. The van der Waals surface area contributed by atoms with Gasteiger partial charge < -0.3 is 27.6 Å². The van der Waals surface area contributed by atoms with E-state index in [2.05, 4.69) is 14.0 Å². The predicted octanol–water partition coefficient (Wildman–Crippen LogP) is 3.38. The van der Waals surface area contributed by atoms with E-state index in [0.717, 1.165) is 49.8 Å². The lowest BCUT2D eigenvalue weighted by molar-refractivity contribution is -0.910. The van der Waals surface area contributed by atoms with Crippen molar-refractivity contribution in [1.29, 1.82) is 0 Å². The first-order chi connectivity index (χ1) is 13.9. The molecule has 174 valence electrons. The Kier molecular flexibility index (Phi) is 16.9. The highest BCUT2D eigenvalue weighted by Gasteiger charge is 2.39. The van der Waals surface area contributed by atoms with Crippen LogP contribution in [0.25, 0.3) is 0 Å². The molecule has 0 aromatic rings. The summed E-state index contributed by atoms with van der Waals surface area (Å²) < 4.78 is 23.9. The largest absolute Gasteiger partial charge is 0.500 e. The summed E-state index contributed by atoms with van der Waals surface area (Å²) in [6.45, 7) is 13.3. The zero-order valence-electron chi connectivity index (χ0n) is 19.5. The second-order valence-corrected chi connectivity index (χ2v) is 10.4. The van der Waals surface area contributed by atoms with Gasteiger partial charge in [-0.3, -0.25) is 4.79 Å². The molecular weight excluding hydrogens is 390 g/mol. The fourth-order valence-corrected chi connectivity index (χ4v) is 6.17. The molecule has 0 aromatic carbocycles. The Morgan fingerprint density at radius 3 is 2.00 bits per heavy atom. The topological polar surface area (TPSA) is 74.2 Å². The van der Waals surface area contributed by atoms with E-state index >= 15 is 0 Å². The van der Waals surface area contributed by atoms with Gasteiger partial charge in [0.2, 0.25) is 0 Å². The number of ether oxygens (including phenoxy) is 1. The maximum Gasteiger partial charge on any atom is 0.500 e. The molecule has 29 heavy (non-hydrogen) atoms. The minimum atomic E-state index is -2.68. The summed E-state index contributed by atoms with van der Waals surface area (Å²) in [5.74, 6) is -0.166. The molecule has 0 aromatic heterocycles. The van der Waals surface area contributed by atoms with Crippen LogP contribution in [0.2, 0.25) is 6.04 Å². The van der Waals surface area contributed by atoms with Gasteiger partial charge in [0.05, 0.1) is 20.1 Å². The predicted molar refractivity (Wildman–Crippen MR) is 118 cm³/mol. The number of nitrogens with zero attached hydrogens (tertiary/aromatic N) is 1. The summed E-state index contributed by atoms with van der Waals surface area (Å²) in [7, 11) is -0.460. The molecule has 8 heteroatoms. The third-order valence-electron chi connectivity index (χ3n) is 4.97. The van der Waals surface area contributed by atoms with Crippen LogP contribution >= 0.6 is 0 Å². The molecule has 0 spiro atoms. The van der Waals surface area contributed by atoms with Gasteiger partial charge in [-0.05, 0) is 52.9 Å². The van der Waals surface area contributed by atoms with Crippen LogP contribution in [0, 0.1) is 0 Å². The molecular formula is C21H46NO6Si+. The molecule has 0 heterocycles. The lowest BCUT2D eigenvalue weighted by Gasteiger charge is -2.34. The average Bonchev–Trinajstić information content (AvgIpc) is 2.66. The van der Waals surface area contributed by atoms with Gasteiger partial charge in [0.1, 0.15) is 13.2 Å². The minimum absolute atomic E-state index is 0.166. The van der Waals surface area contributed by atoms with E-state index in [1.165, 1.54) is 0 Å². The molecule has 0 fully saturated rings. The number of aliphatic hydroxyl groups excluding tert-OH is 1. The summed E-state index contributed by atoms with van der Waals surface area (Å²) >= 11 is 0. The Labute approximate surface area is 179 Å². The normalized spacial score (nSPS) is 14.0. The first kappa shape index (κ1) is 28.5. The van der Waals surface area contributed by atoms with E-state index in [0.29, 0.717) is 45.3 Å². The molecule has 0 aliphatic rings. The van der Waals surface area contributed by atoms with Gasteiger partial charge in [0.15, 0.2) is 0 Å². The van der Waals surface area contributed by atoms with Crippen LogP contribution in [0.15, 0.2) is 0 Å². The molecule has 1 unspecified atom stereocenters. The fourth-order valence-electron chi connectivity index (χ4n) is 3.56. The van der Waals surface area contributed by atoms with Crippen LogP contribution in [0.3, 0.4) is 0 Å². The third-order valence-corrected chi connectivity index (χ3v) is 8.12. The van der Waals surface area contributed by atoms with Crippen molar-refractivity contribution in [3.8, 4) is 0 Å². The zero-order valence-corrected chi connectivity index (χ0v) is 20.5. The second kappa shape index (κ2) is 17.2. The standard InChI is InChI=1S/C21H46NO6Si/c1-6-15-22(5,16-11-10-12-18-23)17-19-25-21(24)14-13-20-29(26-7-2,27-8-3)28-9-4/h23H,6-20H2,1-5H3/q+1. The molecule has 0 rings (SSSR count). The van der Waals surface area contributed by atoms with Gasteiger partial charge in [-0.2, -0.15) is 0 Å². The van der Waals surface area contributed by atoms with E-state index in [9.17, 15) is 4.79 Å². The molecule has 0 bridgehead atoms. The Hall–Kier alpha value is -0.513. The van der Waals surface area contributed by atoms with Crippen molar-refractivity contribution in [3.63, 3.8) is 0 Å². The van der Waals surface area contributed by atoms with Crippen molar-refractivity contribution in [2.45, 2.75) is 72.3 Å². The number of carbonyl (C=O) groups is 1. The van der Waals surface area contributed by atoms with Crippen molar-refractivity contribution >= 4 is 14.8 Å². The van der Waals surface area contributed by atoms with Crippen molar-refractivity contribution in [3.05, 3.63) is 0 Å². The van der Waals surface area contributed by atoms with Crippen molar-refractivity contribution in [2.24, 2.45) is 0 Å². The van der Waals surface area contributed by atoms with Gasteiger partial charge in [-0.1, -0.05) is 6.92 Å². The second-order valence-electron chi connectivity index (χ2n) is 7.63. The zero-order chi connectivity index (χ0) is 22.0. The van der Waals surface area contributed by atoms with Crippen molar-refractivity contribution in [1.82, 2.24) is 0 Å². The first-order valence-corrected chi connectivity index (χ1v) is 13.4.